The first-order valence-electron chi connectivity index (χ1n) is 14.4. The third-order valence-corrected chi connectivity index (χ3v) is 8.65. The number of thiocarbonyl (C=S) groups is 1. The predicted molar refractivity (Wildman–Crippen MR) is 167 cm³/mol. The maximum atomic E-state index is 14.3. The number of hydrogen-bond acceptors (Lipinski definition) is 5. The molecule has 2 N–H and O–H groups in total. The summed E-state index contributed by atoms with van der Waals surface area (Å²) in [5, 5.41) is 7.02. The molecule has 2 fully saturated rings. The molecule has 1 heterocycles. The molecule has 1 aliphatic heterocycles. The van der Waals surface area contributed by atoms with Gasteiger partial charge in [-0.05, 0) is 48.3 Å². The molecule has 220 valence electrons. The average molecular weight is 587 g/mol. The van der Waals surface area contributed by atoms with E-state index in [-0.39, 0.29) is 24.4 Å². The molecule has 0 radical (unpaired) electrons. The minimum atomic E-state index is -1.02. The van der Waals surface area contributed by atoms with Gasteiger partial charge < -0.3 is 29.9 Å². The third kappa shape index (κ3) is 6.36. The molecule has 1 atom stereocenters. The van der Waals surface area contributed by atoms with Gasteiger partial charge in [0.2, 0.25) is 11.8 Å². The van der Waals surface area contributed by atoms with Crippen LogP contribution in [0.5, 0.6) is 11.5 Å². The zero-order valence-corrected chi connectivity index (χ0v) is 25.0. The summed E-state index contributed by atoms with van der Waals surface area (Å²) in [6.45, 7) is 0.988. The summed E-state index contributed by atoms with van der Waals surface area (Å²) in [5.74, 6) is 0.784. The van der Waals surface area contributed by atoms with Crippen molar-refractivity contribution in [3.8, 4) is 11.5 Å². The molecule has 9 heteroatoms. The summed E-state index contributed by atoms with van der Waals surface area (Å²) in [7, 11) is 3.14. The highest BCUT2D eigenvalue weighted by molar-refractivity contribution is 7.80. The molecule has 42 heavy (non-hydrogen) atoms. The summed E-state index contributed by atoms with van der Waals surface area (Å²) in [5.41, 5.74) is 1.60. The molecule has 1 saturated heterocycles. The van der Waals surface area contributed by atoms with E-state index in [2.05, 4.69) is 22.8 Å². The van der Waals surface area contributed by atoms with Crippen molar-refractivity contribution in [2.45, 2.75) is 50.2 Å². The first kappa shape index (κ1) is 29.4. The topological polar surface area (TPSA) is 83.1 Å². The maximum absolute atomic E-state index is 14.3. The number of hydrogen-bond donors (Lipinski definition) is 2. The SMILES string of the molecule is COc1ccc(NC(=O)C2(N(Cc3ccccc3)C(=O)CN3C[C@H](c4ccccc4)NC3=S)CCCCC2)c(OC)c1. The summed E-state index contributed by atoms with van der Waals surface area (Å²) in [6, 6.07) is 25.2. The normalized spacial score (nSPS) is 17.7. The molecule has 5 rings (SSSR count). The number of carbonyl (C=O) groups is 2. The molecule has 0 aromatic heterocycles. The van der Waals surface area contributed by atoms with Gasteiger partial charge in [0.15, 0.2) is 5.11 Å². The lowest BCUT2D eigenvalue weighted by molar-refractivity contribution is -0.149. The number of rotatable bonds is 10. The second kappa shape index (κ2) is 13.2. The predicted octanol–water partition coefficient (Wildman–Crippen LogP) is 5.31. The van der Waals surface area contributed by atoms with Crippen LogP contribution in [0, 0.1) is 0 Å². The Balaban J connectivity index is 1.44. The number of benzene rings is 3. The number of anilines is 1. The minimum absolute atomic E-state index is 0.00329. The highest BCUT2D eigenvalue weighted by Gasteiger charge is 2.47. The Hall–Kier alpha value is -4.11. The highest BCUT2D eigenvalue weighted by Crippen LogP contribution is 2.38. The Morgan fingerprint density at radius 2 is 1.67 bits per heavy atom. The number of methoxy groups -OCH3 is 2. The van der Waals surface area contributed by atoms with E-state index < -0.39 is 5.54 Å². The van der Waals surface area contributed by atoms with Crippen molar-refractivity contribution in [1.82, 2.24) is 15.1 Å². The van der Waals surface area contributed by atoms with Gasteiger partial charge in [-0.3, -0.25) is 9.59 Å². The van der Waals surface area contributed by atoms with Gasteiger partial charge in [-0.1, -0.05) is 79.9 Å². The molecule has 1 aliphatic carbocycles. The number of nitrogens with zero attached hydrogens (tertiary/aromatic N) is 2. The van der Waals surface area contributed by atoms with Crippen LogP contribution in [0.2, 0.25) is 0 Å². The monoisotopic (exact) mass is 586 g/mol. The zero-order valence-electron chi connectivity index (χ0n) is 24.2. The van der Waals surface area contributed by atoms with Crippen molar-refractivity contribution >= 4 is 34.8 Å². The van der Waals surface area contributed by atoms with E-state index in [4.69, 9.17) is 21.7 Å². The Kier molecular flexibility index (Phi) is 9.27. The molecule has 3 aromatic carbocycles. The molecule has 2 amide bonds. The minimum Gasteiger partial charge on any atom is -0.497 e. The van der Waals surface area contributed by atoms with Gasteiger partial charge in [0, 0.05) is 19.2 Å². The second-order valence-corrected chi connectivity index (χ2v) is 11.3. The molecule has 2 aliphatic rings. The van der Waals surface area contributed by atoms with Gasteiger partial charge in [0.1, 0.15) is 17.0 Å². The lowest BCUT2D eigenvalue weighted by Gasteiger charge is -2.45. The molecule has 0 unspecified atom stereocenters. The van der Waals surface area contributed by atoms with Crippen molar-refractivity contribution in [2.24, 2.45) is 0 Å². The van der Waals surface area contributed by atoms with Crippen LogP contribution in [0.1, 0.15) is 49.3 Å². The Labute approximate surface area is 253 Å². The first-order chi connectivity index (χ1) is 20.4. The van der Waals surface area contributed by atoms with Crippen molar-refractivity contribution < 1.29 is 19.1 Å². The average Bonchev–Trinajstić information content (AvgIpc) is 3.40. The fourth-order valence-electron chi connectivity index (χ4n) is 5.99. The summed E-state index contributed by atoms with van der Waals surface area (Å²) in [4.78, 5) is 32.4. The molecule has 8 nitrogen and oxygen atoms in total. The Morgan fingerprint density at radius 1 is 0.976 bits per heavy atom. The summed E-state index contributed by atoms with van der Waals surface area (Å²) >= 11 is 5.66. The van der Waals surface area contributed by atoms with E-state index in [1.165, 1.54) is 0 Å². The van der Waals surface area contributed by atoms with E-state index in [0.29, 0.717) is 48.2 Å². The van der Waals surface area contributed by atoms with E-state index >= 15 is 0 Å². The molecule has 1 saturated carbocycles. The molecule has 3 aromatic rings. The number of ether oxygens (including phenoxy) is 2. The Bertz CT molecular complexity index is 1400. The van der Waals surface area contributed by atoms with Crippen LogP contribution in [-0.4, -0.2) is 59.6 Å². The lowest BCUT2D eigenvalue weighted by Crippen LogP contribution is -2.61. The van der Waals surface area contributed by atoms with Crippen LogP contribution in [0.15, 0.2) is 78.9 Å². The van der Waals surface area contributed by atoms with Crippen LogP contribution >= 0.6 is 12.2 Å². The lowest BCUT2D eigenvalue weighted by atomic mass is 9.78. The summed E-state index contributed by atoms with van der Waals surface area (Å²) < 4.78 is 10.9. The van der Waals surface area contributed by atoms with Crippen LogP contribution < -0.4 is 20.1 Å². The van der Waals surface area contributed by atoms with Crippen molar-refractivity contribution in [3.05, 3.63) is 90.0 Å². The van der Waals surface area contributed by atoms with Gasteiger partial charge >= 0.3 is 0 Å². The van der Waals surface area contributed by atoms with Crippen molar-refractivity contribution in [2.75, 3.05) is 32.6 Å². The van der Waals surface area contributed by atoms with E-state index in [1.807, 2.05) is 53.4 Å². The number of nitrogens with one attached hydrogen (secondary N) is 2. The maximum Gasteiger partial charge on any atom is 0.250 e. The van der Waals surface area contributed by atoms with E-state index in [1.54, 1.807) is 37.3 Å². The molecule has 0 bridgehead atoms. The van der Waals surface area contributed by atoms with Crippen LogP contribution in [0.4, 0.5) is 5.69 Å². The van der Waals surface area contributed by atoms with Gasteiger partial charge in [-0.15, -0.1) is 0 Å². The van der Waals surface area contributed by atoms with Gasteiger partial charge in [-0.2, -0.15) is 0 Å². The smallest absolute Gasteiger partial charge is 0.250 e. The van der Waals surface area contributed by atoms with Crippen molar-refractivity contribution in [3.63, 3.8) is 0 Å². The fourth-order valence-corrected chi connectivity index (χ4v) is 6.27. The first-order valence-corrected chi connectivity index (χ1v) is 14.8. The molecular formula is C33H38N4O4S. The van der Waals surface area contributed by atoms with Gasteiger partial charge in [0.05, 0.1) is 32.5 Å². The third-order valence-electron chi connectivity index (χ3n) is 8.28. The van der Waals surface area contributed by atoms with Gasteiger partial charge in [0.25, 0.3) is 0 Å². The number of amides is 2. The van der Waals surface area contributed by atoms with Crippen LogP contribution in [-0.2, 0) is 16.1 Å². The van der Waals surface area contributed by atoms with Crippen LogP contribution in [0.3, 0.4) is 0 Å². The largest absolute Gasteiger partial charge is 0.497 e. The summed E-state index contributed by atoms with van der Waals surface area (Å²) in [6.07, 6.45) is 3.88. The van der Waals surface area contributed by atoms with E-state index in [0.717, 1.165) is 30.4 Å². The quantitative estimate of drug-likeness (QED) is 0.312. The molecule has 0 spiro atoms. The standard InChI is InChI=1S/C33H38N4O4S/c1-40-26-16-17-27(29(20-26)41-2)34-31(39)33(18-10-5-11-19-33)37(21-24-12-6-3-7-13-24)30(38)23-36-22-28(35-32(36)42)25-14-8-4-9-15-25/h3-4,6-9,12-17,20,28H,5,10-11,18-19,21-23H2,1-2H3,(H,34,39)(H,35,42)/t28-/m1/s1. The zero-order chi connectivity index (χ0) is 29.5. The Morgan fingerprint density at radius 3 is 2.33 bits per heavy atom. The van der Waals surface area contributed by atoms with Gasteiger partial charge in [-0.25, -0.2) is 0 Å². The highest BCUT2D eigenvalue weighted by atomic mass is 32.1. The second-order valence-electron chi connectivity index (χ2n) is 10.9. The van der Waals surface area contributed by atoms with E-state index in [9.17, 15) is 9.59 Å². The number of carbonyl (C=O) groups excluding carboxylic acids is 2. The van der Waals surface area contributed by atoms with Crippen molar-refractivity contribution in [1.29, 1.82) is 0 Å². The van der Waals surface area contributed by atoms with Crippen LogP contribution in [0.25, 0.3) is 0 Å². The fraction of sp³-hybridized carbons (Fsp3) is 0.364. The molecular weight excluding hydrogens is 548 g/mol.